The zero-order valence-electron chi connectivity index (χ0n) is 9.83. The van der Waals surface area contributed by atoms with E-state index in [1.807, 2.05) is 13.0 Å². The molecule has 2 heteroatoms. The summed E-state index contributed by atoms with van der Waals surface area (Å²) in [4.78, 5) is 11.7. The minimum Gasteiger partial charge on any atom is -0.305 e. The summed E-state index contributed by atoms with van der Waals surface area (Å²) in [5.41, 5.74) is 1.07. The molecule has 1 aromatic rings. The molecule has 1 saturated carbocycles. The molecule has 1 fully saturated rings. The van der Waals surface area contributed by atoms with E-state index in [0.717, 1.165) is 32.2 Å². The topological polar surface area (TPSA) is 29.1 Å². The molecule has 0 radical (unpaired) electrons. The van der Waals surface area contributed by atoms with Crippen molar-refractivity contribution in [2.45, 2.75) is 38.1 Å². The van der Waals surface area contributed by atoms with Gasteiger partial charge in [0.2, 0.25) is 0 Å². The molecule has 1 aromatic carbocycles. The molecule has 0 saturated heterocycles. The quantitative estimate of drug-likeness (QED) is 0.838. The molecule has 0 aliphatic heterocycles. The van der Waals surface area contributed by atoms with E-state index in [1.54, 1.807) is 0 Å². The number of benzene rings is 1. The number of rotatable bonds is 4. The first kappa shape index (κ1) is 11.3. The standard InChI is InChI=1S/C14H19NO/c1-14(10-5-8-13(14)16)15-11-9-12-6-3-2-4-7-12/h2-4,6-7,15H,5,8-11H2,1H3. The average molecular weight is 217 g/mol. The summed E-state index contributed by atoms with van der Waals surface area (Å²) in [6.45, 7) is 2.92. The monoisotopic (exact) mass is 217 g/mol. The Morgan fingerprint density at radius 3 is 2.69 bits per heavy atom. The van der Waals surface area contributed by atoms with Gasteiger partial charge >= 0.3 is 0 Å². The second-order valence-electron chi connectivity index (χ2n) is 4.77. The van der Waals surface area contributed by atoms with Gasteiger partial charge in [0.15, 0.2) is 5.78 Å². The molecule has 0 aromatic heterocycles. The number of hydrogen-bond donors (Lipinski definition) is 1. The zero-order chi connectivity index (χ0) is 11.4. The first-order valence-electron chi connectivity index (χ1n) is 6.03. The predicted octanol–water partition coefficient (Wildman–Crippen LogP) is 2.33. The lowest BCUT2D eigenvalue weighted by molar-refractivity contribution is -0.122. The molecule has 1 unspecified atom stereocenters. The molecular formula is C14H19NO. The summed E-state index contributed by atoms with van der Waals surface area (Å²) in [6.07, 6.45) is 3.76. The molecule has 2 nitrogen and oxygen atoms in total. The number of carbonyl (C=O) groups excluding carboxylic acids is 1. The Hall–Kier alpha value is -1.15. The smallest absolute Gasteiger partial charge is 0.152 e. The van der Waals surface area contributed by atoms with Gasteiger partial charge in [0.05, 0.1) is 5.54 Å². The lowest BCUT2D eigenvalue weighted by Crippen LogP contribution is -2.46. The van der Waals surface area contributed by atoms with Crippen molar-refractivity contribution in [1.82, 2.24) is 5.32 Å². The normalized spacial score (nSPS) is 24.9. The van der Waals surface area contributed by atoms with Gasteiger partial charge in [-0.05, 0) is 31.7 Å². The first-order chi connectivity index (χ1) is 7.71. The minimum absolute atomic E-state index is 0.255. The van der Waals surface area contributed by atoms with E-state index < -0.39 is 0 Å². The summed E-state index contributed by atoms with van der Waals surface area (Å²) >= 11 is 0. The van der Waals surface area contributed by atoms with Crippen molar-refractivity contribution in [3.63, 3.8) is 0 Å². The van der Waals surface area contributed by atoms with Crippen LogP contribution in [0.15, 0.2) is 30.3 Å². The van der Waals surface area contributed by atoms with Crippen LogP contribution in [-0.2, 0) is 11.2 Å². The lowest BCUT2D eigenvalue weighted by Gasteiger charge is -2.23. The summed E-state index contributed by atoms with van der Waals surface area (Å²) in [5, 5.41) is 3.41. The molecule has 1 N–H and O–H groups in total. The van der Waals surface area contributed by atoms with Gasteiger partial charge in [-0.15, -0.1) is 0 Å². The zero-order valence-corrected chi connectivity index (χ0v) is 9.83. The molecule has 1 aliphatic carbocycles. The molecule has 86 valence electrons. The summed E-state index contributed by atoms with van der Waals surface area (Å²) in [7, 11) is 0. The van der Waals surface area contributed by atoms with E-state index in [0.29, 0.717) is 5.78 Å². The Kier molecular flexibility index (Phi) is 3.39. The Balaban J connectivity index is 1.82. The van der Waals surface area contributed by atoms with Gasteiger partial charge in [0, 0.05) is 13.0 Å². The van der Waals surface area contributed by atoms with Crippen LogP contribution < -0.4 is 5.32 Å². The van der Waals surface area contributed by atoms with Crippen molar-refractivity contribution in [2.75, 3.05) is 6.54 Å². The van der Waals surface area contributed by atoms with E-state index >= 15 is 0 Å². The third-order valence-corrected chi connectivity index (χ3v) is 3.47. The van der Waals surface area contributed by atoms with Crippen LogP contribution in [-0.4, -0.2) is 17.9 Å². The van der Waals surface area contributed by atoms with Crippen molar-refractivity contribution in [1.29, 1.82) is 0 Å². The van der Waals surface area contributed by atoms with Gasteiger partial charge in [0.25, 0.3) is 0 Å². The maximum Gasteiger partial charge on any atom is 0.152 e. The number of nitrogens with one attached hydrogen (secondary N) is 1. The molecule has 1 atom stereocenters. The Morgan fingerprint density at radius 2 is 2.06 bits per heavy atom. The SMILES string of the molecule is CC1(NCCc2ccccc2)CCCC1=O. The van der Waals surface area contributed by atoms with Crippen molar-refractivity contribution < 1.29 is 4.79 Å². The van der Waals surface area contributed by atoms with Crippen molar-refractivity contribution in [3.05, 3.63) is 35.9 Å². The van der Waals surface area contributed by atoms with Crippen LogP contribution in [0.4, 0.5) is 0 Å². The highest BCUT2D eigenvalue weighted by molar-refractivity contribution is 5.89. The van der Waals surface area contributed by atoms with E-state index in [4.69, 9.17) is 0 Å². The fourth-order valence-electron chi connectivity index (χ4n) is 2.33. The fraction of sp³-hybridized carbons (Fsp3) is 0.500. The van der Waals surface area contributed by atoms with E-state index in [1.165, 1.54) is 5.56 Å². The van der Waals surface area contributed by atoms with E-state index in [9.17, 15) is 4.79 Å². The van der Waals surface area contributed by atoms with Crippen LogP contribution >= 0.6 is 0 Å². The van der Waals surface area contributed by atoms with Crippen LogP contribution in [0.5, 0.6) is 0 Å². The Morgan fingerprint density at radius 1 is 1.31 bits per heavy atom. The molecule has 2 rings (SSSR count). The Bertz CT molecular complexity index is 360. The number of Topliss-reactive ketones (excluding diaryl/α,β-unsaturated/α-hetero) is 1. The third kappa shape index (κ3) is 2.50. The molecular weight excluding hydrogens is 198 g/mol. The van der Waals surface area contributed by atoms with Crippen LogP contribution in [0.2, 0.25) is 0 Å². The van der Waals surface area contributed by atoms with Crippen molar-refractivity contribution >= 4 is 5.78 Å². The van der Waals surface area contributed by atoms with Crippen LogP contribution in [0.3, 0.4) is 0 Å². The predicted molar refractivity (Wildman–Crippen MR) is 65.4 cm³/mol. The van der Waals surface area contributed by atoms with Gasteiger partial charge in [-0.3, -0.25) is 4.79 Å². The van der Waals surface area contributed by atoms with Crippen LogP contribution in [0, 0.1) is 0 Å². The molecule has 0 spiro atoms. The van der Waals surface area contributed by atoms with Gasteiger partial charge in [-0.2, -0.15) is 0 Å². The summed E-state index contributed by atoms with van der Waals surface area (Å²) in [5.74, 6) is 0.376. The molecule has 0 bridgehead atoms. The first-order valence-corrected chi connectivity index (χ1v) is 6.03. The molecule has 16 heavy (non-hydrogen) atoms. The van der Waals surface area contributed by atoms with Crippen LogP contribution in [0.1, 0.15) is 31.7 Å². The highest BCUT2D eigenvalue weighted by Gasteiger charge is 2.36. The maximum absolute atomic E-state index is 11.7. The van der Waals surface area contributed by atoms with E-state index in [2.05, 4.69) is 29.6 Å². The van der Waals surface area contributed by atoms with Gasteiger partial charge in [-0.25, -0.2) is 0 Å². The molecule has 0 amide bonds. The largest absolute Gasteiger partial charge is 0.305 e. The number of ketones is 1. The second-order valence-corrected chi connectivity index (χ2v) is 4.77. The molecule has 1 aliphatic rings. The highest BCUT2D eigenvalue weighted by Crippen LogP contribution is 2.25. The lowest BCUT2D eigenvalue weighted by atomic mass is 9.99. The number of hydrogen-bond acceptors (Lipinski definition) is 2. The van der Waals surface area contributed by atoms with Crippen LogP contribution in [0.25, 0.3) is 0 Å². The highest BCUT2D eigenvalue weighted by atomic mass is 16.1. The average Bonchev–Trinajstić information content (AvgIpc) is 2.61. The van der Waals surface area contributed by atoms with E-state index in [-0.39, 0.29) is 5.54 Å². The Labute approximate surface area is 97.1 Å². The summed E-state index contributed by atoms with van der Waals surface area (Å²) < 4.78 is 0. The minimum atomic E-state index is -0.255. The van der Waals surface area contributed by atoms with Gasteiger partial charge in [0.1, 0.15) is 0 Å². The van der Waals surface area contributed by atoms with Crippen molar-refractivity contribution in [2.24, 2.45) is 0 Å². The van der Waals surface area contributed by atoms with Gasteiger partial charge in [-0.1, -0.05) is 30.3 Å². The second kappa shape index (κ2) is 4.79. The maximum atomic E-state index is 11.7. The van der Waals surface area contributed by atoms with Crippen molar-refractivity contribution in [3.8, 4) is 0 Å². The van der Waals surface area contributed by atoms with Gasteiger partial charge < -0.3 is 5.32 Å². The summed E-state index contributed by atoms with van der Waals surface area (Å²) in [6, 6.07) is 10.4. The fourth-order valence-corrected chi connectivity index (χ4v) is 2.33. The number of carbonyl (C=O) groups is 1. The third-order valence-electron chi connectivity index (χ3n) is 3.47. The molecule has 0 heterocycles.